The number of unbranched alkanes of at least 4 members (excludes halogenated alkanes) is 1. The molecule has 11 nitrogen and oxygen atoms in total. The normalized spacial score (nSPS) is 21.0. The Kier molecular flexibility index (Phi) is 14.6. The van der Waals surface area contributed by atoms with Crippen molar-refractivity contribution in [1.29, 1.82) is 0 Å². The van der Waals surface area contributed by atoms with E-state index in [1.54, 1.807) is 18.0 Å². The average Bonchev–Trinajstić information content (AvgIpc) is 3.05. The van der Waals surface area contributed by atoms with Crippen LogP contribution in [0.1, 0.15) is 79.1 Å². The van der Waals surface area contributed by atoms with Crippen molar-refractivity contribution in [2.45, 2.75) is 79.1 Å². The summed E-state index contributed by atoms with van der Waals surface area (Å²) in [5.41, 5.74) is 12.7. The second-order valence-electron chi connectivity index (χ2n) is 12.6. The van der Waals surface area contributed by atoms with Crippen LogP contribution in [-0.2, 0) is 4.79 Å². The molecular formula is C34H58N8O3. The lowest BCUT2D eigenvalue weighted by atomic mass is 9.77. The number of nitrogens with zero attached hydrogens (tertiary/aromatic N) is 5. The molecule has 0 spiro atoms. The van der Waals surface area contributed by atoms with E-state index in [2.05, 4.69) is 52.3 Å². The van der Waals surface area contributed by atoms with Crippen LogP contribution in [0.25, 0.3) is 0 Å². The van der Waals surface area contributed by atoms with Crippen molar-refractivity contribution in [2.24, 2.45) is 23.0 Å². The number of hydrogen-bond donors (Lipinski definition) is 3. The first-order chi connectivity index (χ1) is 21.7. The van der Waals surface area contributed by atoms with Crippen LogP contribution >= 0.6 is 0 Å². The summed E-state index contributed by atoms with van der Waals surface area (Å²) in [5.74, 6) is 2.37. The van der Waals surface area contributed by atoms with Gasteiger partial charge in [-0.05, 0) is 69.0 Å². The molecule has 3 heterocycles. The van der Waals surface area contributed by atoms with Crippen LogP contribution in [0.3, 0.4) is 0 Å². The molecule has 4 rings (SSSR count). The Bertz CT molecular complexity index is 1140. The first-order valence-corrected chi connectivity index (χ1v) is 17.1. The van der Waals surface area contributed by atoms with Gasteiger partial charge in [-0.25, -0.2) is 4.79 Å². The first kappa shape index (κ1) is 36.3. The number of hydrogen-bond acceptors (Lipinski definition) is 8. The molecule has 0 aromatic carbocycles. The van der Waals surface area contributed by atoms with Crippen molar-refractivity contribution in [3.8, 4) is 6.01 Å². The highest BCUT2D eigenvalue weighted by Crippen LogP contribution is 2.36. The lowest BCUT2D eigenvalue weighted by Gasteiger charge is -2.42. The van der Waals surface area contributed by atoms with Crippen LogP contribution in [-0.4, -0.2) is 91.2 Å². The minimum Gasteiger partial charge on any atom is -0.463 e. The molecule has 2 saturated heterocycles. The van der Waals surface area contributed by atoms with E-state index in [1.165, 1.54) is 12.8 Å². The molecule has 252 valence electrons. The van der Waals surface area contributed by atoms with E-state index in [9.17, 15) is 9.59 Å². The highest BCUT2D eigenvalue weighted by molar-refractivity contribution is 5.91. The van der Waals surface area contributed by atoms with Crippen LogP contribution in [0.5, 0.6) is 6.01 Å². The topological polar surface area (TPSA) is 143 Å². The fraction of sp³-hybridized carbons (Fsp3) is 0.706. The number of carbonyl (C=O) groups excluding carboxylic acids is 2. The Hall–Kier alpha value is -3.18. The van der Waals surface area contributed by atoms with E-state index in [1.807, 2.05) is 18.7 Å². The number of nitrogens with one attached hydrogen (secondary N) is 1. The van der Waals surface area contributed by atoms with Crippen molar-refractivity contribution in [3.05, 3.63) is 29.9 Å². The third-order valence-corrected chi connectivity index (χ3v) is 9.18. The molecule has 1 atom stereocenters. The smallest absolute Gasteiger partial charge is 0.323 e. The molecule has 2 aliphatic heterocycles. The number of allylic oxidation sites excluding steroid dienone is 1. The van der Waals surface area contributed by atoms with E-state index in [0.717, 1.165) is 82.2 Å². The zero-order chi connectivity index (χ0) is 32.8. The Morgan fingerprint density at radius 3 is 2.36 bits per heavy atom. The quantitative estimate of drug-likeness (QED) is 0.286. The van der Waals surface area contributed by atoms with E-state index < -0.39 is 0 Å². The molecule has 3 amide bonds. The lowest BCUT2D eigenvalue weighted by molar-refractivity contribution is -0.132. The maximum absolute atomic E-state index is 12.9. The van der Waals surface area contributed by atoms with Crippen LogP contribution in [0, 0.1) is 17.3 Å². The third kappa shape index (κ3) is 10.7. The van der Waals surface area contributed by atoms with Gasteiger partial charge in [-0.3, -0.25) is 9.69 Å². The van der Waals surface area contributed by atoms with Gasteiger partial charge < -0.3 is 31.3 Å². The summed E-state index contributed by atoms with van der Waals surface area (Å²) in [7, 11) is 1.61. The predicted molar refractivity (Wildman–Crippen MR) is 182 cm³/mol. The molecule has 1 aromatic heterocycles. The fourth-order valence-electron chi connectivity index (χ4n) is 6.55. The third-order valence-electron chi connectivity index (χ3n) is 9.18. The van der Waals surface area contributed by atoms with Crippen molar-refractivity contribution in [1.82, 2.24) is 25.1 Å². The largest absolute Gasteiger partial charge is 0.463 e. The summed E-state index contributed by atoms with van der Waals surface area (Å²) in [6.45, 7) is 14.8. The maximum Gasteiger partial charge on any atom is 0.323 e. The van der Waals surface area contributed by atoms with Crippen LogP contribution < -0.4 is 26.4 Å². The van der Waals surface area contributed by atoms with Gasteiger partial charge in [-0.2, -0.15) is 9.97 Å². The standard InChI is InChI=1S/C32H52N8O3.C2H6/c1-4-5-20-43-30-36-27(34)21-28(37-30)40(31(42)35-3)22-24-6-13-32(2,14-7-24)23-38-16-9-25(10-17-38)26-11-18-39(19-12-26)29(41)8-15-33;1-2/h6-7,13,21,25-26H,4-5,8-12,14-20,22-23,33H2,1-3H3,(H,35,42)(H2,34,36,37);1-2H3. The number of rotatable bonds is 12. The maximum atomic E-state index is 12.9. The number of anilines is 2. The van der Waals surface area contributed by atoms with E-state index in [4.69, 9.17) is 16.2 Å². The molecule has 0 radical (unpaired) electrons. The van der Waals surface area contributed by atoms with E-state index in [0.29, 0.717) is 31.9 Å². The molecule has 45 heavy (non-hydrogen) atoms. The first-order valence-electron chi connectivity index (χ1n) is 17.1. The lowest BCUT2D eigenvalue weighted by Crippen LogP contribution is -2.45. The number of urea groups is 1. The van der Waals surface area contributed by atoms with Gasteiger partial charge in [0.05, 0.1) is 13.2 Å². The van der Waals surface area contributed by atoms with Gasteiger partial charge >= 0.3 is 12.0 Å². The molecule has 1 aromatic rings. The van der Waals surface area contributed by atoms with Crippen molar-refractivity contribution in [3.63, 3.8) is 0 Å². The van der Waals surface area contributed by atoms with Crippen LogP contribution in [0.15, 0.2) is 29.9 Å². The molecular weight excluding hydrogens is 568 g/mol. The summed E-state index contributed by atoms with van der Waals surface area (Å²) >= 11 is 0. The molecule has 11 heteroatoms. The number of piperidine rings is 2. The average molecular weight is 627 g/mol. The molecule has 2 fully saturated rings. The number of likely N-dealkylation sites (tertiary alicyclic amines) is 2. The number of aromatic nitrogens is 2. The number of amides is 3. The van der Waals surface area contributed by atoms with Gasteiger partial charge in [0.2, 0.25) is 5.91 Å². The number of carbonyl (C=O) groups is 2. The van der Waals surface area contributed by atoms with Gasteiger partial charge in [0.15, 0.2) is 0 Å². The molecule has 1 aliphatic carbocycles. The Balaban J connectivity index is 0.00000271. The monoisotopic (exact) mass is 626 g/mol. The summed E-state index contributed by atoms with van der Waals surface area (Å²) in [4.78, 5) is 39.9. The van der Waals surface area contributed by atoms with E-state index in [-0.39, 0.29) is 29.2 Å². The minimum atomic E-state index is -0.268. The van der Waals surface area contributed by atoms with Crippen molar-refractivity contribution < 1.29 is 14.3 Å². The van der Waals surface area contributed by atoms with E-state index >= 15 is 0 Å². The summed E-state index contributed by atoms with van der Waals surface area (Å²) in [6, 6.07) is 1.52. The van der Waals surface area contributed by atoms with Crippen LogP contribution in [0.4, 0.5) is 16.4 Å². The molecule has 3 aliphatic rings. The highest BCUT2D eigenvalue weighted by atomic mass is 16.5. The molecule has 0 saturated carbocycles. The zero-order valence-electron chi connectivity index (χ0n) is 28.4. The fourth-order valence-corrected chi connectivity index (χ4v) is 6.55. The SMILES string of the molecule is CC.CCCCOc1nc(N)cc(N(CC2=CCC(C)(CN3CCC(C4CCN(C(=O)CCN)CC4)CC3)C=C2)C(=O)NC)n1. The summed E-state index contributed by atoms with van der Waals surface area (Å²) in [6.07, 6.45) is 14.7. The van der Waals surface area contributed by atoms with Gasteiger partial charge in [0.1, 0.15) is 11.6 Å². The number of nitrogen functional groups attached to an aromatic ring is 1. The van der Waals surface area contributed by atoms with Gasteiger partial charge in [0, 0.05) is 51.1 Å². The van der Waals surface area contributed by atoms with Crippen molar-refractivity contribution in [2.75, 3.05) is 70.1 Å². The molecule has 0 bridgehead atoms. The van der Waals surface area contributed by atoms with Crippen molar-refractivity contribution >= 4 is 23.6 Å². The number of nitrogens with two attached hydrogens (primary N) is 2. The minimum absolute atomic E-state index is 0.0442. The second kappa shape index (κ2) is 18.1. The van der Waals surface area contributed by atoms with Gasteiger partial charge in [-0.15, -0.1) is 0 Å². The van der Waals surface area contributed by atoms with Crippen LogP contribution in [0.2, 0.25) is 0 Å². The van der Waals surface area contributed by atoms with Gasteiger partial charge in [-0.1, -0.05) is 52.3 Å². The molecule has 1 unspecified atom stereocenters. The highest BCUT2D eigenvalue weighted by Gasteiger charge is 2.33. The Morgan fingerprint density at radius 1 is 1.11 bits per heavy atom. The zero-order valence-corrected chi connectivity index (χ0v) is 28.4. The van der Waals surface area contributed by atoms with Gasteiger partial charge in [0.25, 0.3) is 0 Å². The number of ether oxygens (including phenoxy) is 1. The predicted octanol–water partition coefficient (Wildman–Crippen LogP) is 4.60. The second-order valence-corrected chi connectivity index (χ2v) is 12.6. The summed E-state index contributed by atoms with van der Waals surface area (Å²) in [5, 5.41) is 2.72. The molecule has 5 N–H and O–H groups in total. The summed E-state index contributed by atoms with van der Waals surface area (Å²) < 4.78 is 5.67. The Morgan fingerprint density at radius 2 is 1.78 bits per heavy atom. The Labute approximate surface area is 270 Å².